The standard InChI is InChI=1S/C14H17N3O2/c18-13-8-9-1-2-10(7-12(9)17-13)14(19)16-11-3-5-15-6-4-11/h1-2,7,11,15H,3-6,8H2,(H,16,19)(H,17,18). The molecular weight excluding hydrogens is 242 g/mol. The van der Waals surface area contributed by atoms with Crippen LogP contribution in [0.2, 0.25) is 0 Å². The van der Waals surface area contributed by atoms with Crippen LogP contribution in [0, 0.1) is 0 Å². The average molecular weight is 259 g/mol. The van der Waals surface area contributed by atoms with Crippen LogP contribution in [0.5, 0.6) is 0 Å². The van der Waals surface area contributed by atoms with Gasteiger partial charge in [-0.2, -0.15) is 0 Å². The van der Waals surface area contributed by atoms with Gasteiger partial charge in [0.15, 0.2) is 0 Å². The molecule has 3 N–H and O–H groups in total. The molecule has 2 aliphatic rings. The Balaban J connectivity index is 1.70. The zero-order chi connectivity index (χ0) is 13.2. The number of amides is 2. The molecule has 0 spiro atoms. The van der Waals surface area contributed by atoms with Gasteiger partial charge in [-0.3, -0.25) is 9.59 Å². The lowest BCUT2D eigenvalue weighted by Crippen LogP contribution is -2.42. The first-order chi connectivity index (χ1) is 9.22. The fourth-order valence-electron chi connectivity index (χ4n) is 2.59. The van der Waals surface area contributed by atoms with Gasteiger partial charge in [-0.1, -0.05) is 6.07 Å². The number of carbonyl (C=O) groups excluding carboxylic acids is 2. The minimum atomic E-state index is -0.0594. The summed E-state index contributed by atoms with van der Waals surface area (Å²) < 4.78 is 0. The number of piperidine rings is 1. The Bertz CT molecular complexity index is 521. The van der Waals surface area contributed by atoms with Crippen molar-refractivity contribution >= 4 is 17.5 Å². The summed E-state index contributed by atoms with van der Waals surface area (Å²) in [5.74, 6) is -0.0678. The van der Waals surface area contributed by atoms with Crippen LogP contribution >= 0.6 is 0 Å². The molecular formula is C14H17N3O2. The summed E-state index contributed by atoms with van der Waals surface area (Å²) >= 11 is 0. The summed E-state index contributed by atoms with van der Waals surface area (Å²) in [6, 6.07) is 5.65. The molecule has 0 bridgehead atoms. The lowest BCUT2D eigenvalue weighted by Gasteiger charge is -2.23. The Hall–Kier alpha value is -1.88. The van der Waals surface area contributed by atoms with E-state index in [9.17, 15) is 9.59 Å². The lowest BCUT2D eigenvalue weighted by atomic mass is 10.0. The van der Waals surface area contributed by atoms with Gasteiger partial charge in [0.05, 0.1) is 6.42 Å². The van der Waals surface area contributed by atoms with Gasteiger partial charge in [0.25, 0.3) is 5.91 Å². The second-order valence-corrected chi connectivity index (χ2v) is 5.09. The van der Waals surface area contributed by atoms with Crippen molar-refractivity contribution in [2.75, 3.05) is 18.4 Å². The molecule has 2 aliphatic heterocycles. The molecule has 0 aliphatic carbocycles. The van der Waals surface area contributed by atoms with E-state index in [1.165, 1.54) is 0 Å². The van der Waals surface area contributed by atoms with E-state index in [1.54, 1.807) is 12.1 Å². The van der Waals surface area contributed by atoms with Gasteiger partial charge in [0.2, 0.25) is 5.91 Å². The van der Waals surface area contributed by atoms with E-state index in [0.717, 1.165) is 37.2 Å². The third-order valence-electron chi connectivity index (χ3n) is 3.67. The van der Waals surface area contributed by atoms with E-state index >= 15 is 0 Å². The van der Waals surface area contributed by atoms with Crippen LogP contribution in [0.25, 0.3) is 0 Å². The van der Waals surface area contributed by atoms with Gasteiger partial charge >= 0.3 is 0 Å². The van der Waals surface area contributed by atoms with Crippen molar-refractivity contribution in [2.45, 2.75) is 25.3 Å². The van der Waals surface area contributed by atoms with Gasteiger partial charge in [-0.15, -0.1) is 0 Å². The normalized spacial score (nSPS) is 18.8. The van der Waals surface area contributed by atoms with Crippen molar-refractivity contribution < 1.29 is 9.59 Å². The molecule has 0 unspecified atom stereocenters. The van der Waals surface area contributed by atoms with Crippen LogP contribution in [0.15, 0.2) is 18.2 Å². The number of hydrogen-bond acceptors (Lipinski definition) is 3. The maximum Gasteiger partial charge on any atom is 0.251 e. The molecule has 0 radical (unpaired) electrons. The molecule has 5 nitrogen and oxygen atoms in total. The van der Waals surface area contributed by atoms with Crippen LogP contribution in [0.1, 0.15) is 28.8 Å². The largest absolute Gasteiger partial charge is 0.349 e. The third-order valence-corrected chi connectivity index (χ3v) is 3.67. The van der Waals surface area contributed by atoms with Gasteiger partial charge in [-0.05, 0) is 43.6 Å². The Morgan fingerprint density at radius 1 is 1.26 bits per heavy atom. The van der Waals surface area contributed by atoms with Crippen LogP contribution in [0.4, 0.5) is 5.69 Å². The van der Waals surface area contributed by atoms with E-state index in [4.69, 9.17) is 0 Å². The summed E-state index contributed by atoms with van der Waals surface area (Å²) in [6.07, 6.45) is 2.34. The molecule has 2 heterocycles. The smallest absolute Gasteiger partial charge is 0.251 e. The van der Waals surface area contributed by atoms with Crippen molar-refractivity contribution in [3.05, 3.63) is 29.3 Å². The molecule has 0 aromatic heterocycles. The maximum atomic E-state index is 12.2. The van der Waals surface area contributed by atoms with Crippen molar-refractivity contribution in [2.24, 2.45) is 0 Å². The highest BCUT2D eigenvalue weighted by atomic mass is 16.2. The Morgan fingerprint density at radius 3 is 2.84 bits per heavy atom. The van der Waals surface area contributed by atoms with Gasteiger partial charge < -0.3 is 16.0 Å². The predicted molar refractivity (Wildman–Crippen MR) is 72.1 cm³/mol. The minimum Gasteiger partial charge on any atom is -0.349 e. The highest BCUT2D eigenvalue weighted by molar-refractivity contribution is 6.02. The number of anilines is 1. The van der Waals surface area contributed by atoms with E-state index in [0.29, 0.717) is 12.0 Å². The fraction of sp³-hybridized carbons (Fsp3) is 0.429. The van der Waals surface area contributed by atoms with Gasteiger partial charge in [0.1, 0.15) is 0 Å². The summed E-state index contributed by atoms with van der Waals surface area (Å²) in [5.41, 5.74) is 2.34. The highest BCUT2D eigenvalue weighted by Crippen LogP contribution is 2.24. The number of benzene rings is 1. The molecule has 19 heavy (non-hydrogen) atoms. The van der Waals surface area contributed by atoms with Crippen molar-refractivity contribution in [1.82, 2.24) is 10.6 Å². The highest BCUT2D eigenvalue weighted by Gasteiger charge is 2.20. The number of rotatable bonds is 2. The summed E-state index contributed by atoms with van der Waals surface area (Å²) in [4.78, 5) is 23.4. The van der Waals surface area contributed by atoms with Crippen LogP contribution in [-0.2, 0) is 11.2 Å². The van der Waals surface area contributed by atoms with Crippen molar-refractivity contribution in [3.8, 4) is 0 Å². The van der Waals surface area contributed by atoms with E-state index in [2.05, 4.69) is 16.0 Å². The number of carbonyl (C=O) groups is 2. The first-order valence-corrected chi connectivity index (χ1v) is 6.67. The number of nitrogens with one attached hydrogen (secondary N) is 3. The molecule has 1 saturated heterocycles. The molecule has 0 saturated carbocycles. The Kier molecular flexibility index (Phi) is 3.21. The molecule has 3 rings (SSSR count). The van der Waals surface area contributed by atoms with Crippen LogP contribution in [0.3, 0.4) is 0 Å². The zero-order valence-corrected chi connectivity index (χ0v) is 10.7. The van der Waals surface area contributed by atoms with Crippen LogP contribution < -0.4 is 16.0 Å². The quantitative estimate of drug-likeness (QED) is 0.731. The minimum absolute atomic E-state index is 0.00841. The topological polar surface area (TPSA) is 70.2 Å². The van der Waals surface area contributed by atoms with Crippen molar-refractivity contribution in [3.63, 3.8) is 0 Å². The second kappa shape index (κ2) is 5.01. The third kappa shape index (κ3) is 2.61. The first kappa shape index (κ1) is 12.2. The molecule has 0 atom stereocenters. The first-order valence-electron chi connectivity index (χ1n) is 6.67. The average Bonchev–Trinajstić information content (AvgIpc) is 2.78. The maximum absolute atomic E-state index is 12.2. The molecule has 100 valence electrons. The molecule has 1 aromatic rings. The summed E-state index contributed by atoms with van der Waals surface area (Å²) in [7, 11) is 0. The molecule has 2 amide bonds. The van der Waals surface area contributed by atoms with Gasteiger partial charge in [0, 0.05) is 17.3 Å². The fourth-order valence-corrected chi connectivity index (χ4v) is 2.59. The van der Waals surface area contributed by atoms with E-state index in [-0.39, 0.29) is 17.9 Å². The molecule has 1 aromatic carbocycles. The van der Waals surface area contributed by atoms with Crippen molar-refractivity contribution in [1.29, 1.82) is 0 Å². The lowest BCUT2D eigenvalue weighted by molar-refractivity contribution is -0.115. The molecule has 5 heteroatoms. The van der Waals surface area contributed by atoms with Gasteiger partial charge in [-0.25, -0.2) is 0 Å². The Labute approximate surface area is 111 Å². The van der Waals surface area contributed by atoms with E-state index < -0.39 is 0 Å². The van der Waals surface area contributed by atoms with E-state index in [1.807, 2.05) is 6.07 Å². The monoisotopic (exact) mass is 259 g/mol. The summed E-state index contributed by atoms with van der Waals surface area (Å²) in [6.45, 7) is 1.90. The number of fused-ring (bicyclic) bond motifs is 1. The predicted octanol–water partition coefficient (Wildman–Crippen LogP) is 0.663. The Morgan fingerprint density at radius 2 is 2.05 bits per heavy atom. The zero-order valence-electron chi connectivity index (χ0n) is 10.7. The number of hydrogen-bond donors (Lipinski definition) is 3. The molecule has 1 fully saturated rings. The van der Waals surface area contributed by atoms with Crippen LogP contribution in [-0.4, -0.2) is 30.9 Å². The summed E-state index contributed by atoms with van der Waals surface area (Å²) in [5, 5.41) is 9.08. The second-order valence-electron chi connectivity index (χ2n) is 5.09. The SMILES string of the molecule is O=C1Cc2ccc(C(=O)NC3CCNCC3)cc2N1.